The van der Waals surface area contributed by atoms with Gasteiger partial charge in [-0.25, -0.2) is 4.63 Å². The third-order valence-corrected chi connectivity index (χ3v) is 2.68. The van der Waals surface area contributed by atoms with Crippen LogP contribution in [0, 0.1) is 10.1 Å². The Morgan fingerprint density at radius 3 is 2.85 bits per heavy atom. The van der Waals surface area contributed by atoms with Gasteiger partial charge >= 0.3 is 5.69 Å². The van der Waals surface area contributed by atoms with Crippen molar-refractivity contribution in [3.8, 4) is 0 Å². The van der Waals surface area contributed by atoms with Crippen molar-refractivity contribution >= 4 is 22.4 Å². The Morgan fingerprint density at radius 1 is 1.25 bits per heavy atom. The van der Waals surface area contributed by atoms with Gasteiger partial charge < -0.3 is 5.32 Å². The summed E-state index contributed by atoms with van der Waals surface area (Å²) in [5, 5.41) is 28.9. The molecule has 0 saturated heterocycles. The topological polar surface area (TPSA) is 120 Å². The van der Waals surface area contributed by atoms with E-state index >= 15 is 0 Å². The summed E-state index contributed by atoms with van der Waals surface area (Å²) in [5.41, 5.74) is 1.58. The van der Waals surface area contributed by atoms with Gasteiger partial charge in [0.25, 0.3) is 0 Å². The maximum Gasteiger partial charge on any atom is 0.300 e. The highest BCUT2D eigenvalue weighted by Crippen LogP contribution is 2.28. The molecule has 9 heteroatoms. The van der Waals surface area contributed by atoms with E-state index < -0.39 is 4.92 Å². The highest BCUT2D eigenvalue weighted by molar-refractivity contribution is 5.93. The van der Waals surface area contributed by atoms with Gasteiger partial charge in [-0.15, -0.1) is 0 Å². The van der Waals surface area contributed by atoms with Crippen LogP contribution in [0.25, 0.3) is 11.0 Å². The van der Waals surface area contributed by atoms with Crippen LogP contribution in [0.5, 0.6) is 0 Å². The first-order chi connectivity index (χ1) is 9.75. The highest BCUT2D eigenvalue weighted by Gasteiger charge is 2.19. The Bertz CT molecular complexity index is 757. The Hall–Kier alpha value is -3.10. The van der Waals surface area contributed by atoms with Gasteiger partial charge in [0.05, 0.1) is 22.8 Å². The first kappa shape index (κ1) is 12.0. The van der Waals surface area contributed by atoms with Gasteiger partial charge in [0.2, 0.25) is 5.52 Å². The van der Waals surface area contributed by atoms with E-state index in [4.69, 9.17) is 0 Å². The normalized spacial score (nSPS) is 10.6. The lowest BCUT2D eigenvalue weighted by Crippen LogP contribution is -2.03. The fourth-order valence-corrected chi connectivity index (χ4v) is 1.76. The summed E-state index contributed by atoms with van der Waals surface area (Å²) in [6, 6.07) is 6.49. The number of hydrogen-bond donors (Lipinski definition) is 1. The van der Waals surface area contributed by atoms with Crippen molar-refractivity contribution in [1.29, 1.82) is 0 Å². The SMILES string of the molecule is O=[N+]([O-])c1ccc(NCc2cccnn2)c2nonc12. The van der Waals surface area contributed by atoms with Crippen molar-refractivity contribution < 1.29 is 9.55 Å². The zero-order chi connectivity index (χ0) is 13.9. The standard InChI is InChI=1S/C11H8N6O3/c18-17(19)9-4-3-8(10-11(9)16-20-15-10)12-6-7-2-1-5-13-14-7/h1-5,12H,6H2. The molecule has 3 aromatic rings. The molecule has 0 bridgehead atoms. The molecule has 0 amide bonds. The number of non-ortho nitro benzene ring substituents is 1. The van der Waals surface area contributed by atoms with Crippen LogP contribution in [0.1, 0.15) is 5.69 Å². The van der Waals surface area contributed by atoms with E-state index in [0.717, 1.165) is 5.69 Å². The molecule has 100 valence electrons. The number of nitro groups is 1. The number of aromatic nitrogens is 4. The van der Waals surface area contributed by atoms with Gasteiger partial charge in [-0.3, -0.25) is 10.1 Å². The molecule has 1 N–H and O–H groups in total. The van der Waals surface area contributed by atoms with E-state index in [0.29, 0.717) is 17.7 Å². The lowest BCUT2D eigenvalue weighted by atomic mass is 10.2. The summed E-state index contributed by atoms with van der Waals surface area (Å²) < 4.78 is 4.58. The highest BCUT2D eigenvalue weighted by atomic mass is 16.6. The maximum atomic E-state index is 10.9. The smallest absolute Gasteiger partial charge is 0.300 e. The number of nitrogens with zero attached hydrogens (tertiary/aromatic N) is 5. The predicted molar refractivity (Wildman–Crippen MR) is 67.8 cm³/mol. The Morgan fingerprint density at radius 2 is 2.10 bits per heavy atom. The Labute approximate surface area is 111 Å². The van der Waals surface area contributed by atoms with Crippen LogP contribution in [0.15, 0.2) is 35.1 Å². The van der Waals surface area contributed by atoms with E-state index in [2.05, 4.69) is 30.5 Å². The number of rotatable bonds is 4. The average molecular weight is 272 g/mol. The molecule has 9 nitrogen and oxygen atoms in total. The third-order valence-electron chi connectivity index (χ3n) is 2.68. The number of nitro benzene ring substituents is 1. The van der Waals surface area contributed by atoms with Crippen LogP contribution in [0.2, 0.25) is 0 Å². The van der Waals surface area contributed by atoms with Crippen molar-refractivity contribution in [2.45, 2.75) is 6.54 Å². The van der Waals surface area contributed by atoms with Crippen molar-refractivity contribution in [2.24, 2.45) is 0 Å². The maximum absolute atomic E-state index is 10.9. The minimum atomic E-state index is -0.529. The third kappa shape index (κ3) is 2.11. The van der Waals surface area contributed by atoms with Crippen LogP contribution in [-0.4, -0.2) is 25.4 Å². The number of benzene rings is 1. The van der Waals surface area contributed by atoms with Crippen molar-refractivity contribution in [2.75, 3.05) is 5.32 Å². The molecule has 0 unspecified atom stereocenters. The fourth-order valence-electron chi connectivity index (χ4n) is 1.76. The summed E-state index contributed by atoms with van der Waals surface area (Å²) in [6.45, 7) is 0.410. The van der Waals surface area contributed by atoms with Gasteiger partial charge in [0, 0.05) is 12.3 Å². The molecule has 2 aromatic heterocycles. The van der Waals surface area contributed by atoms with Crippen LogP contribution >= 0.6 is 0 Å². The molecule has 0 aliphatic carbocycles. The molecule has 0 saturated carbocycles. The zero-order valence-corrected chi connectivity index (χ0v) is 10.1. The quantitative estimate of drug-likeness (QED) is 0.560. The first-order valence-electron chi connectivity index (χ1n) is 5.66. The second-order valence-electron chi connectivity index (χ2n) is 3.92. The summed E-state index contributed by atoms with van der Waals surface area (Å²) >= 11 is 0. The van der Waals surface area contributed by atoms with Gasteiger partial charge in [-0.1, -0.05) is 0 Å². The van der Waals surface area contributed by atoms with Crippen molar-refractivity contribution in [3.05, 3.63) is 46.3 Å². The Kier molecular flexibility index (Phi) is 2.92. The monoisotopic (exact) mass is 272 g/mol. The molecule has 0 atom stereocenters. The van der Waals surface area contributed by atoms with E-state index in [9.17, 15) is 10.1 Å². The van der Waals surface area contributed by atoms with E-state index in [1.54, 1.807) is 18.3 Å². The van der Waals surface area contributed by atoms with Gasteiger partial charge in [0.1, 0.15) is 0 Å². The number of anilines is 1. The molecule has 0 fully saturated rings. The molecular formula is C11H8N6O3. The summed E-state index contributed by atoms with van der Waals surface area (Å²) in [6.07, 6.45) is 1.58. The predicted octanol–water partition coefficient (Wildman–Crippen LogP) is 1.53. The van der Waals surface area contributed by atoms with Crippen LogP contribution in [0.3, 0.4) is 0 Å². The first-order valence-corrected chi connectivity index (χ1v) is 5.66. The number of nitrogens with one attached hydrogen (secondary N) is 1. The Balaban J connectivity index is 1.91. The summed E-state index contributed by atoms with van der Waals surface area (Å²) in [4.78, 5) is 10.3. The molecule has 1 aromatic carbocycles. The zero-order valence-electron chi connectivity index (χ0n) is 10.1. The molecule has 2 heterocycles. The van der Waals surface area contributed by atoms with Crippen molar-refractivity contribution in [3.63, 3.8) is 0 Å². The lowest BCUT2D eigenvalue weighted by molar-refractivity contribution is -0.383. The van der Waals surface area contributed by atoms with E-state index in [1.165, 1.54) is 6.07 Å². The minimum absolute atomic E-state index is 0.110. The van der Waals surface area contributed by atoms with Crippen LogP contribution in [0.4, 0.5) is 11.4 Å². The van der Waals surface area contributed by atoms with Crippen LogP contribution < -0.4 is 5.32 Å². The summed E-state index contributed by atoms with van der Waals surface area (Å²) in [7, 11) is 0. The molecule has 20 heavy (non-hydrogen) atoms. The van der Waals surface area contributed by atoms with Crippen molar-refractivity contribution in [1.82, 2.24) is 20.5 Å². The fraction of sp³-hybridized carbons (Fsp3) is 0.0909. The number of hydrogen-bond acceptors (Lipinski definition) is 8. The van der Waals surface area contributed by atoms with Gasteiger partial charge in [0.15, 0.2) is 5.52 Å². The molecule has 0 radical (unpaired) electrons. The lowest BCUT2D eigenvalue weighted by Gasteiger charge is -2.05. The average Bonchev–Trinajstić information content (AvgIpc) is 2.95. The largest absolute Gasteiger partial charge is 0.377 e. The van der Waals surface area contributed by atoms with Crippen LogP contribution in [-0.2, 0) is 6.54 Å². The molecule has 0 aliphatic rings. The molecule has 3 rings (SSSR count). The van der Waals surface area contributed by atoms with Gasteiger partial charge in [-0.2, -0.15) is 10.2 Å². The number of fused-ring (bicyclic) bond motifs is 1. The second-order valence-corrected chi connectivity index (χ2v) is 3.92. The molecular weight excluding hydrogens is 264 g/mol. The van der Waals surface area contributed by atoms with E-state index in [-0.39, 0.29) is 11.2 Å². The minimum Gasteiger partial charge on any atom is -0.377 e. The second kappa shape index (κ2) is 4.88. The van der Waals surface area contributed by atoms with E-state index in [1.807, 2.05) is 6.07 Å². The summed E-state index contributed by atoms with van der Waals surface area (Å²) in [5.74, 6) is 0. The molecule has 0 spiro atoms. The molecule has 0 aliphatic heterocycles. The van der Waals surface area contributed by atoms with Gasteiger partial charge in [-0.05, 0) is 28.5 Å².